The number of rotatable bonds is 5. The Morgan fingerprint density at radius 1 is 1.50 bits per heavy atom. The van der Waals surface area contributed by atoms with Crippen molar-refractivity contribution in [2.24, 2.45) is 5.92 Å². The topological polar surface area (TPSA) is 61.0 Å². The molecule has 0 saturated heterocycles. The average molecular weight is 245 g/mol. The van der Waals surface area contributed by atoms with E-state index in [1.54, 1.807) is 13.3 Å². The smallest absolute Gasteiger partial charge is 0.256 e. The highest BCUT2D eigenvalue weighted by atomic mass is 16.5. The monoisotopic (exact) mass is 245 g/mol. The summed E-state index contributed by atoms with van der Waals surface area (Å²) in [4.78, 5) is 8.47. The van der Waals surface area contributed by atoms with Gasteiger partial charge < -0.3 is 9.26 Å². The Morgan fingerprint density at radius 2 is 2.39 bits per heavy atom. The molecule has 2 heterocycles. The lowest BCUT2D eigenvalue weighted by atomic mass is 10.2. The Morgan fingerprint density at radius 3 is 3.06 bits per heavy atom. The predicted octanol–water partition coefficient (Wildman–Crippen LogP) is 2.15. The summed E-state index contributed by atoms with van der Waals surface area (Å²) >= 11 is 0. The van der Waals surface area contributed by atoms with E-state index in [0.29, 0.717) is 24.1 Å². The van der Waals surface area contributed by atoms with Crippen LogP contribution < -0.4 is 0 Å². The van der Waals surface area contributed by atoms with Crippen molar-refractivity contribution in [2.45, 2.75) is 25.4 Å². The first-order valence-corrected chi connectivity index (χ1v) is 6.11. The van der Waals surface area contributed by atoms with Crippen molar-refractivity contribution < 1.29 is 9.26 Å². The fraction of sp³-hybridized carbons (Fsp3) is 0.462. The summed E-state index contributed by atoms with van der Waals surface area (Å²) in [6.45, 7) is 0. The molecule has 1 unspecified atom stereocenters. The zero-order valence-electron chi connectivity index (χ0n) is 10.2. The lowest BCUT2D eigenvalue weighted by Crippen LogP contribution is -2.04. The molecule has 2 aromatic rings. The van der Waals surface area contributed by atoms with Gasteiger partial charge in [-0.05, 0) is 30.4 Å². The highest BCUT2D eigenvalue weighted by Gasteiger charge is 2.36. The van der Waals surface area contributed by atoms with Gasteiger partial charge in [-0.15, -0.1) is 0 Å². The summed E-state index contributed by atoms with van der Waals surface area (Å²) < 4.78 is 10.7. The highest BCUT2D eigenvalue weighted by molar-refractivity contribution is 5.14. The average Bonchev–Trinajstić information content (AvgIpc) is 3.13. The van der Waals surface area contributed by atoms with E-state index in [9.17, 15) is 0 Å². The molecule has 0 spiro atoms. The van der Waals surface area contributed by atoms with Crippen LogP contribution in [0, 0.1) is 5.92 Å². The molecule has 1 saturated carbocycles. The molecule has 1 aliphatic rings. The van der Waals surface area contributed by atoms with Gasteiger partial charge in [0.1, 0.15) is 6.10 Å². The van der Waals surface area contributed by atoms with Gasteiger partial charge >= 0.3 is 0 Å². The number of aromatic nitrogens is 3. The lowest BCUT2D eigenvalue weighted by Gasteiger charge is -2.07. The minimum absolute atomic E-state index is 0.0415. The molecule has 1 aliphatic carbocycles. The first-order chi connectivity index (χ1) is 8.86. The highest BCUT2D eigenvalue weighted by Crippen LogP contribution is 2.42. The number of pyridine rings is 1. The number of hydrogen-bond donors (Lipinski definition) is 0. The molecule has 0 amide bonds. The van der Waals surface area contributed by atoms with Crippen molar-refractivity contribution in [2.75, 3.05) is 7.11 Å². The van der Waals surface area contributed by atoms with Crippen molar-refractivity contribution in [3.8, 4) is 0 Å². The summed E-state index contributed by atoms with van der Waals surface area (Å²) in [5.41, 5.74) is 1.07. The standard InChI is InChI=1S/C13H15N3O2/c1-17-12(10-4-5-10)13-15-11(16-18-13)7-9-3-2-6-14-8-9/h2-3,6,8,10,12H,4-5,7H2,1H3. The van der Waals surface area contributed by atoms with E-state index in [1.807, 2.05) is 18.3 Å². The summed E-state index contributed by atoms with van der Waals surface area (Å²) in [5, 5.41) is 4.00. The van der Waals surface area contributed by atoms with Crippen molar-refractivity contribution in [3.63, 3.8) is 0 Å². The fourth-order valence-corrected chi connectivity index (χ4v) is 2.03. The Balaban J connectivity index is 1.73. The largest absolute Gasteiger partial charge is 0.371 e. The zero-order valence-corrected chi connectivity index (χ0v) is 10.2. The van der Waals surface area contributed by atoms with Gasteiger partial charge in [0.15, 0.2) is 5.82 Å². The van der Waals surface area contributed by atoms with E-state index in [1.165, 1.54) is 12.8 Å². The third-order valence-electron chi connectivity index (χ3n) is 3.12. The molecule has 18 heavy (non-hydrogen) atoms. The van der Waals surface area contributed by atoms with Crippen LogP contribution in [0.25, 0.3) is 0 Å². The SMILES string of the molecule is COC(c1nc(Cc2cccnc2)no1)C1CC1. The maximum absolute atomic E-state index is 5.42. The van der Waals surface area contributed by atoms with Gasteiger partial charge in [-0.2, -0.15) is 4.98 Å². The van der Waals surface area contributed by atoms with Crippen LogP contribution in [0.4, 0.5) is 0 Å². The minimum atomic E-state index is -0.0415. The van der Waals surface area contributed by atoms with Crippen molar-refractivity contribution >= 4 is 0 Å². The summed E-state index contributed by atoms with van der Waals surface area (Å²) in [5.74, 6) is 1.82. The zero-order chi connectivity index (χ0) is 12.4. The maximum Gasteiger partial charge on any atom is 0.256 e. The van der Waals surface area contributed by atoms with Crippen LogP contribution in [-0.2, 0) is 11.2 Å². The molecule has 1 atom stereocenters. The molecular weight excluding hydrogens is 230 g/mol. The molecule has 0 aromatic carbocycles. The molecule has 0 aliphatic heterocycles. The van der Waals surface area contributed by atoms with Gasteiger partial charge in [-0.3, -0.25) is 4.98 Å². The van der Waals surface area contributed by atoms with Gasteiger partial charge in [0.2, 0.25) is 0 Å². The molecule has 5 nitrogen and oxygen atoms in total. The van der Waals surface area contributed by atoms with Gasteiger partial charge in [0, 0.05) is 25.9 Å². The van der Waals surface area contributed by atoms with Crippen molar-refractivity contribution in [1.29, 1.82) is 0 Å². The van der Waals surface area contributed by atoms with Crippen LogP contribution in [-0.4, -0.2) is 22.2 Å². The summed E-state index contributed by atoms with van der Waals surface area (Å²) in [6.07, 6.45) is 6.51. The maximum atomic E-state index is 5.42. The molecule has 0 N–H and O–H groups in total. The van der Waals surface area contributed by atoms with Crippen LogP contribution in [0.15, 0.2) is 29.0 Å². The van der Waals surface area contributed by atoms with Gasteiger partial charge in [0.05, 0.1) is 0 Å². The molecular formula is C13H15N3O2. The second kappa shape index (κ2) is 4.86. The quantitative estimate of drug-likeness (QED) is 0.807. The predicted molar refractivity (Wildman–Crippen MR) is 63.8 cm³/mol. The molecule has 94 valence electrons. The molecule has 2 aromatic heterocycles. The molecule has 0 bridgehead atoms. The molecule has 1 fully saturated rings. The van der Waals surface area contributed by atoms with Gasteiger partial charge in [-0.25, -0.2) is 0 Å². The number of hydrogen-bond acceptors (Lipinski definition) is 5. The molecule has 3 rings (SSSR count). The molecule has 0 radical (unpaired) electrons. The van der Waals surface area contributed by atoms with E-state index in [0.717, 1.165) is 5.56 Å². The third-order valence-corrected chi connectivity index (χ3v) is 3.12. The van der Waals surface area contributed by atoms with E-state index in [4.69, 9.17) is 9.26 Å². The Labute approximate surface area is 105 Å². The summed E-state index contributed by atoms with van der Waals surface area (Å²) in [6, 6.07) is 3.90. The van der Waals surface area contributed by atoms with Crippen molar-refractivity contribution in [3.05, 3.63) is 41.8 Å². The minimum Gasteiger partial charge on any atom is -0.371 e. The van der Waals surface area contributed by atoms with Gasteiger partial charge in [-0.1, -0.05) is 11.2 Å². The van der Waals surface area contributed by atoms with Crippen LogP contribution in [0.2, 0.25) is 0 Å². The van der Waals surface area contributed by atoms with E-state index in [2.05, 4.69) is 15.1 Å². The Hall–Kier alpha value is -1.75. The first kappa shape index (κ1) is 11.3. The number of methoxy groups -OCH3 is 1. The normalized spacial score (nSPS) is 16.7. The van der Waals surface area contributed by atoms with Crippen molar-refractivity contribution in [1.82, 2.24) is 15.1 Å². The van der Waals surface area contributed by atoms with E-state index < -0.39 is 0 Å². The molecule has 5 heteroatoms. The van der Waals surface area contributed by atoms with Crippen LogP contribution in [0.1, 0.15) is 36.2 Å². The van der Waals surface area contributed by atoms with Gasteiger partial charge in [0.25, 0.3) is 5.89 Å². The Bertz CT molecular complexity index is 508. The van der Waals surface area contributed by atoms with E-state index in [-0.39, 0.29) is 6.10 Å². The van der Waals surface area contributed by atoms with Crippen LogP contribution in [0.3, 0.4) is 0 Å². The number of nitrogens with zero attached hydrogens (tertiary/aromatic N) is 3. The van der Waals surface area contributed by atoms with Crippen LogP contribution >= 0.6 is 0 Å². The fourth-order valence-electron chi connectivity index (χ4n) is 2.03. The lowest BCUT2D eigenvalue weighted by molar-refractivity contribution is 0.0561. The number of ether oxygens (including phenoxy) is 1. The third kappa shape index (κ3) is 2.41. The van der Waals surface area contributed by atoms with E-state index >= 15 is 0 Å². The van der Waals surface area contributed by atoms with Crippen LogP contribution in [0.5, 0.6) is 0 Å². The second-order valence-electron chi connectivity index (χ2n) is 4.58. The Kier molecular flexibility index (Phi) is 3.06. The second-order valence-corrected chi connectivity index (χ2v) is 4.58. The first-order valence-electron chi connectivity index (χ1n) is 6.11. The summed E-state index contributed by atoms with van der Waals surface area (Å²) in [7, 11) is 1.69.